The molecule has 0 spiro atoms. The smallest absolute Gasteiger partial charge is 0.119 e. The molecule has 4 rings (SSSR count). The SMILES string of the molecule is Ic1cn(CC2CC2)c([C@@H]2[C@@H]3CNC[C@@H]32)n1. The van der Waals surface area contributed by atoms with Crippen LogP contribution in [-0.2, 0) is 6.54 Å². The van der Waals surface area contributed by atoms with Crippen LogP contribution in [0.15, 0.2) is 6.20 Å². The summed E-state index contributed by atoms with van der Waals surface area (Å²) in [4.78, 5) is 4.76. The molecular weight excluding hydrogens is 313 g/mol. The monoisotopic (exact) mass is 329 g/mol. The zero-order valence-corrected chi connectivity index (χ0v) is 11.4. The van der Waals surface area contributed by atoms with Crippen molar-refractivity contribution in [1.82, 2.24) is 14.9 Å². The highest BCUT2D eigenvalue weighted by molar-refractivity contribution is 14.1. The average Bonchev–Trinajstić information content (AvgIpc) is 3.11. The number of rotatable bonds is 3. The maximum absolute atomic E-state index is 4.76. The lowest BCUT2D eigenvalue weighted by atomic mass is 10.2. The van der Waals surface area contributed by atoms with Gasteiger partial charge in [0, 0.05) is 18.7 Å². The fourth-order valence-electron chi connectivity index (χ4n) is 3.19. The molecule has 1 aromatic rings. The van der Waals surface area contributed by atoms with Gasteiger partial charge < -0.3 is 9.88 Å². The van der Waals surface area contributed by atoms with Crippen LogP contribution in [-0.4, -0.2) is 22.6 Å². The Kier molecular flexibility index (Phi) is 2.13. The van der Waals surface area contributed by atoms with E-state index in [0.29, 0.717) is 0 Å². The van der Waals surface area contributed by atoms with Crippen LogP contribution in [0.5, 0.6) is 0 Å². The first-order chi connectivity index (χ1) is 7.83. The number of halogens is 1. The maximum Gasteiger partial charge on any atom is 0.119 e. The lowest BCUT2D eigenvalue weighted by Crippen LogP contribution is -2.16. The van der Waals surface area contributed by atoms with E-state index in [1.807, 2.05) is 0 Å². The van der Waals surface area contributed by atoms with Crippen molar-refractivity contribution in [2.24, 2.45) is 17.8 Å². The molecule has 16 heavy (non-hydrogen) atoms. The van der Waals surface area contributed by atoms with E-state index in [4.69, 9.17) is 4.98 Å². The molecule has 1 aromatic heterocycles. The van der Waals surface area contributed by atoms with E-state index in [-0.39, 0.29) is 0 Å². The van der Waals surface area contributed by atoms with Crippen LogP contribution in [0.25, 0.3) is 0 Å². The van der Waals surface area contributed by atoms with Gasteiger partial charge in [0.25, 0.3) is 0 Å². The molecule has 3 fully saturated rings. The second-order valence-electron chi connectivity index (χ2n) is 5.53. The Morgan fingerprint density at radius 3 is 2.81 bits per heavy atom. The summed E-state index contributed by atoms with van der Waals surface area (Å²) < 4.78 is 3.62. The minimum absolute atomic E-state index is 0.767. The second kappa shape index (κ2) is 3.45. The molecule has 1 N–H and O–H groups in total. The van der Waals surface area contributed by atoms with Crippen molar-refractivity contribution in [2.45, 2.75) is 25.3 Å². The van der Waals surface area contributed by atoms with Gasteiger partial charge in [0.05, 0.1) is 0 Å². The average molecular weight is 329 g/mol. The van der Waals surface area contributed by atoms with Crippen LogP contribution in [0.4, 0.5) is 0 Å². The van der Waals surface area contributed by atoms with Crippen LogP contribution in [0.3, 0.4) is 0 Å². The fourth-order valence-corrected chi connectivity index (χ4v) is 3.77. The molecule has 3 atom stereocenters. The molecule has 2 aliphatic carbocycles. The van der Waals surface area contributed by atoms with Crippen molar-refractivity contribution < 1.29 is 0 Å². The first kappa shape index (κ1) is 9.88. The molecule has 86 valence electrons. The highest BCUT2D eigenvalue weighted by Gasteiger charge is 2.55. The van der Waals surface area contributed by atoms with Gasteiger partial charge in [-0.3, -0.25) is 0 Å². The number of aromatic nitrogens is 2. The summed E-state index contributed by atoms with van der Waals surface area (Å²) in [5.74, 6) is 4.86. The Morgan fingerprint density at radius 2 is 2.12 bits per heavy atom. The van der Waals surface area contributed by atoms with Crippen molar-refractivity contribution in [2.75, 3.05) is 13.1 Å². The summed E-state index contributed by atoms with van der Waals surface area (Å²) in [5.41, 5.74) is 0. The van der Waals surface area contributed by atoms with E-state index in [0.717, 1.165) is 23.7 Å². The Morgan fingerprint density at radius 1 is 1.38 bits per heavy atom. The van der Waals surface area contributed by atoms with Crippen LogP contribution in [0.2, 0.25) is 0 Å². The van der Waals surface area contributed by atoms with E-state index >= 15 is 0 Å². The van der Waals surface area contributed by atoms with Gasteiger partial charge >= 0.3 is 0 Å². The third-order valence-electron chi connectivity index (χ3n) is 4.32. The van der Waals surface area contributed by atoms with Crippen LogP contribution < -0.4 is 5.32 Å². The molecule has 2 heterocycles. The van der Waals surface area contributed by atoms with Gasteiger partial charge in [-0.15, -0.1) is 0 Å². The van der Waals surface area contributed by atoms with Gasteiger partial charge in [-0.25, -0.2) is 4.98 Å². The number of hydrogen-bond acceptors (Lipinski definition) is 2. The van der Waals surface area contributed by atoms with Crippen LogP contribution in [0.1, 0.15) is 24.6 Å². The Labute approximate surface area is 109 Å². The largest absolute Gasteiger partial charge is 0.333 e. The van der Waals surface area contributed by atoms with Gasteiger partial charge in [0.1, 0.15) is 9.53 Å². The second-order valence-corrected chi connectivity index (χ2v) is 6.63. The maximum atomic E-state index is 4.76. The Hall–Kier alpha value is -0.100. The van der Waals surface area contributed by atoms with Crippen LogP contribution in [0, 0.1) is 21.5 Å². The van der Waals surface area contributed by atoms with Gasteiger partial charge in [-0.1, -0.05) is 0 Å². The predicted octanol–water partition coefficient (Wildman–Crippen LogP) is 1.83. The molecule has 0 unspecified atom stereocenters. The molecule has 0 aromatic carbocycles. The lowest BCUT2D eigenvalue weighted by Gasteiger charge is -2.08. The number of nitrogens with zero attached hydrogens (tertiary/aromatic N) is 2. The Bertz CT molecular complexity index is 414. The molecule has 1 saturated heterocycles. The molecule has 4 heteroatoms. The summed E-state index contributed by atoms with van der Waals surface area (Å²) in [5, 5.41) is 3.46. The lowest BCUT2D eigenvalue weighted by molar-refractivity contribution is 0.568. The summed E-state index contributed by atoms with van der Waals surface area (Å²) in [6.07, 6.45) is 5.09. The summed E-state index contributed by atoms with van der Waals surface area (Å²) >= 11 is 2.35. The summed E-state index contributed by atoms with van der Waals surface area (Å²) in [7, 11) is 0. The molecule has 1 aliphatic heterocycles. The van der Waals surface area contributed by atoms with Gasteiger partial charge in [-0.05, 0) is 66.3 Å². The number of piperidine rings is 1. The first-order valence-corrected chi connectivity index (χ1v) is 7.34. The number of nitrogens with one attached hydrogen (secondary N) is 1. The summed E-state index contributed by atoms with van der Waals surface area (Å²) in [6, 6.07) is 0. The molecule has 0 radical (unpaired) electrons. The zero-order valence-electron chi connectivity index (χ0n) is 9.19. The van der Waals surface area contributed by atoms with Gasteiger partial charge in [0.15, 0.2) is 0 Å². The van der Waals surface area contributed by atoms with Crippen molar-refractivity contribution in [1.29, 1.82) is 0 Å². The molecule has 3 nitrogen and oxygen atoms in total. The van der Waals surface area contributed by atoms with Gasteiger partial charge in [0.2, 0.25) is 0 Å². The molecular formula is C12H16IN3. The molecule has 3 aliphatic rings. The molecule has 2 saturated carbocycles. The highest BCUT2D eigenvalue weighted by atomic mass is 127. The Balaban J connectivity index is 1.61. The molecule has 0 amide bonds. The van der Waals surface area contributed by atoms with E-state index in [9.17, 15) is 0 Å². The third-order valence-corrected chi connectivity index (χ3v) is 4.84. The van der Waals surface area contributed by atoms with Crippen molar-refractivity contribution in [3.8, 4) is 0 Å². The third kappa shape index (κ3) is 1.53. The normalized spacial score (nSPS) is 36.4. The minimum Gasteiger partial charge on any atom is -0.333 e. The van der Waals surface area contributed by atoms with Crippen molar-refractivity contribution >= 4 is 22.6 Å². The zero-order chi connectivity index (χ0) is 10.7. The van der Waals surface area contributed by atoms with Crippen molar-refractivity contribution in [3.63, 3.8) is 0 Å². The number of fused-ring (bicyclic) bond motifs is 1. The first-order valence-electron chi connectivity index (χ1n) is 6.26. The van der Waals surface area contributed by atoms with Crippen molar-refractivity contribution in [3.05, 3.63) is 15.7 Å². The fraction of sp³-hybridized carbons (Fsp3) is 0.750. The van der Waals surface area contributed by atoms with Crippen LogP contribution >= 0.6 is 22.6 Å². The number of hydrogen-bond donors (Lipinski definition) is 1. The van der Waals surface area contributed by atoms with E-state index in [1.165, 1.54) is 42.0 Å². The summed E-state index contributed by atoms with van der Waals surface area (Å²) in [6.45, 7) is 3.64. The quantitative estimate of drug-likeness (QED) is 0.858. The topological polar surface area (TPSA) is 29.9 Å². The van der Waals surface area contributed by atoms with Gasteiger partial charge in [-0.2, -0.15) is 0 Å². The van der Waals surface area contributed by atoms with E-state index < -0.39 is 0 Å². The standard InChI is InChI=1S/C12H16IN3/c13-10-6-16(5-7-1-2-7)12(15-10)11-8-3-14-4-9(8)11/h6-9,11,14H,1-5H2/t8-,9+,11-. The van der Waals surface area contributed by atoms with E-state index in [2.05, 4.69) is 38.7 Å². The molecule has 0 bridgehead atoms. The number of imidazole rings is 1. The van der Waals surface area contributed by atoms with E-state index in [1.54, 1.807) is 0 Å². The highest BCUT2D eigenvalue weighted by Crippen LogP contribution is 2.55. The predicted molar refractivity (Wildman–Crippen MR) is 70.3 cm³/mol. The minimum atomic E-state index is 0.767.